The first kappa shape index (κ1) is 28.9. The predicted octanol–water partition coefficient (Wildman–Crippen LogP) is 10.8. The van der Waals surface area contributed by atoms with Crippen LogP contribution in [0.3, 0.4) is 0 Å². The molecule has 0 aliphatic heterocycles. The molecule has 0 saturated heterocycles. The Kier molecular flexibility index (Phi) is 6.56. The third-order valence-electron chi connectivity index (χ3n) is 9.88. The molecule has 1 aliphatic rings. The molecular weight excluding hydrogens is 599 g/mol. The molecule has 8 aromatic rings. The van der Waals surface area contributed by atoms with Gasteiger partial charge in [0.05, 0.1) is 28.3 Å². The summed E-state index contributed by atoms with van der Waals surface area (Å²) in [5.41, 5.74) is 19.8. The monoisotopic (exact) mass is 631 g/mol. The molecule has 0 spiro atoms. The molecule has 2 heterocycles. The Bertz CT molecular complexity index is 2550. The maximum Gasteiger partial charge on any atom is 0.160 e. The van der Waals surface area contributed by atoms with Crippen molar-refractivity contribution in [2.45, 2.75) is 19.3 Å². The lowest BCUT2D eigenvalue weighted by Crippen LogP contribution is -2.15. The molecule has 6 aromatic carbocycles. The normalized spacial score (nSPS) is 12.9. The van der Waals surface area contributed by atoms with Crippen LogP contribution < -0.4 is 11.1 Å². The smallest absolute Gasteiger partial charge is 0.160 e. The van der Waals surface area contributed by atoms with E-state index in [4.69, 9.17) is 20.7 Å². The van der Waals surface area contributed by atoms with E-state index in [0.29, 0.717) is 5.82 Å². The van der Waals surface area contributed by atoms with Gasteiger partial charge in [0.2, 0.25) is 0 Å². The van der Waals surface area contributed by atoms with Gasteiger partial charge in [-0.15, -0.1) is 0 Å². The highest BCUT2D eigenvalue weighted by atomic mass is 14.9. The predicted molar refractivity (Wildman–Crippen MR) is 203 cm³/mol. The fourth-order valence-corrected chi connectivity index (χ4v) is 7.30. The third kappa shape index (κ3) is 4.82. The fraction of sp³-hybridized carbons (Fsp3) is 0.0682. The number of nitrogens with zero attached hydrogens (tertiary/aromatic N) is 3. The zero-order valence-electron chi connectivity index (χ0n) is 27.3. The minimum absolute atomic E-state index is 0.0895. The molecule has 234 valence electrons. The zero-order chi connectivity index (χ0) is 33.1. The molecule has 2 aromatic heterocycles. The van der Waals surface area contributed by atoms with Gasteiger partial charge in [-0.3, -0.25) is 4.98 Å². The van der Waals surface area contributed by atoms with E-state index in [0.717, 1.165) is 56.0 Å². The lowest BCUT2D eigenvalue weighted by atomic mass is 9.82. The molecule has 5 heteroatoms. The van der Waals surface area contributed by atoms with Crippen molar-refractivity contribution in [2.75, 3.05) is 11.1 Å². The second-order valence-corrected chi connectivity index (χ2v) is 13.2. The Morgan fingerprint density at radius 2 is 1.31 bits per heavy atom. The Labute approximate surface area is 285 Å². The molecular formula is C44H33N5. The van der Waals surface area contributed by atoms with Crippen LogP contribution in [0.4, 0.5) is 17.1 Å². The molecule has 0 unspecified atom stereocenters. The lowest BCUT2D eigenvalue weighted by molar-refractivity contribution is 0.661. The summed E-state index contributed by atoms with van der Waals surface area (Å²) in [6.45, 7) is 4.53. The summed E-state index contributed by atoms with van der Waals surface area (Å²) in [4.78, 5) is 15.0. The summed E-state index contributed by atoms with van der Waals surface area (Å²) in [6.07, 6.45) is 1.92. The number of benzene rings is 6. The van der Waals surface area contributed by atoms with Crippen LogP contribution in [0.25, 0.3) is 66.7 Å². The van der Waals surface area contributed by atoms with Crippen LogP contribution in [0.5, 0.6) is 0 Å². The van der Waals surface area contributed by atoms with Crippen molar-refractivity contribution in [3.63, 3.8) is 0 Å². The van der Waals surface area contributed by atoms with Gasteiger partial charge in [0, 0.05) is 39.4 Å². The van der Waals surface area contributed by atoms with E-state index >= 15 is 0 Å². The summed E-state index contributed by atoms with van der Waals surface area (Å²) in [5.74, 6) is 0.661. The van der Waals surface area contributed by atoms with E-state index in [1.54, 1.807) is 0 Å². The molecule has 0 amide bonds. The first-order chi connectivity index (χ1) is 23.9. The molecule has 0 atom stereocenters. The third-order valence-corrected chi connectivity index (χ3v) is 9.88. The van der Waals surface area contributed by atoms with Crippen molar-refractivity contribution in [1.29, 1.82) is 0 Å². The number of nitrogen functional groups attached to an aromatic ring is 1. The number of nitrogens with one attached hydrogen (secondary N) is 1. The Morgan fingerprint density at radius 3 is 2.14 bits per heavy atom. The van der Waals surface area contributed by atoms with Gasteiger partial charge in [-0.25, -0.2) is 9.97 Å². The second-order valence-electron chi connectivity index (χ2n) is 13.2. The molecule has 0 fully saturated rings. The van der Waals surface area contributed by atoms with Crippen LogP contribution in [0.1, 0.15) is 25.0 Å². The minimum atomic E-state index is -0.0895. The molecule has 1 aliphatic carbocycles. The van der Waals surface area contributed by atoms with Crippen molar-refractivity contribution >= 4 is 38.7 Å². The number of nitrogens with two attached hydrogens (primary N) is 1. The van der Waals surface area contributed by atoms with Crippen molar-refractivity contribution in [3.8, 4) is 45.0 Å². The number of para-hydroxylation sites is 1. The van der Waals surface area contributed by atoms with Gasteiger partial charge in [-0.1, -0.05) is 98.8 Å². The van der Waals surface area contributed by atoms with Crippen LogP contribution in [0, 0.1) is 0 Å². The Balaban J connectivity index is 1.04. The first-order valence-corrected chi connectivity index (χ1v) is 16.6. The highest BCUT2D eigenvalue weighted by molar-refractivity contribution is 5.97. The largest absolute Gasteiger partial charge is 0.397 e. The number of hydrogen-bond donors (Lipinski definition) is 2. The van der Waals surface area contributed by atoms with Gasteiger partial charge in [-0.05, 0) is 87.6 Å². The highest BCUT2D eigenvalue weighted by Gasteiger charge is 2.35. The van der Waals surface area contributed by atoms with Gasteiger partial charge in [0.1, 0.15) is 0 Å². The summed E-state index contributed by atoms with van der Waals surface area (Å²) < 4.78 is 0. The van der Waals surface area contributed by atoms with E-state index < -0.39 is 0 Å². The maximum absolute atomic E-state index is 6.62. The standard InChI is InChI=1S/C44H33N5/c1-44(2)36-16-7-5-13-32(36)35-24-41(38(45)25-37(35)44)47-30-21-18-28(19-22-30)43-48-40-17-8-6-14-34(40)42(49-43)29-20-23-39(46-26-29)33-15-9-11-27-10-3-4-12-31(27)33/h3-26,47H,45H2,1-2H3. The van der Waals surface area contributed by atoms with Crippen LogP contribution >= 0.6 is 0 Å². The summed E-state index contributed by atoms with van der Waals surface area (Å²) in [7, 11) is 0. The number of fused-ring (bicyclic) bond motifs is 5. The van der Waals surface area contributed by atoms with Crippen molar-refractivity contribution in [3.05, 3.63) is 157 Å². The van der Waals surface area contributed by atoms with E-state index in [-0.39, 0.29) is 5.41 Å². The fourth-order valence-electron chi connectivity index (χ4n) is 7.30. The van der Waals surface area contributed by atoms with Crippen LogP contribution in [0.2, 0.25) is 0 Å². The van der Waals surface area contributed by atoms with Crippen molar-refractivity contribution < 1.29 is 0 Å². The van der Waals surface area contributed by atoms with Gasteiger partial charge in [0.25, 0.3) is 0 Å². The minimum Gasteiger partial charge on any atom is -0.397 e. The molecule has 0 radical (unpaired) electrons. The van der Waals surface area contributed by atoms with Gasteiger partial charge >= 0.3 is 0 Å². The molecule has 3 N–H and O–H groups in total. The topological polar surface area (TPSA) is 76.7 Å². The second kappa shape index (κ2) is 11.1. The Hall–Kier alpha value is -6.33. The number of hydrogen-bond acceptors (Lipinski definition) is 5. The molecule has 49 heavy (non-hydrogen) atoms. The summed E-state index contributed by atoms with van der Waals surface area (Å²) in [6, 6.07) is 48.2. The number of pyridine rings is 1. The van der Waals surface area contributed by atoms with Crippen LogP contribution in [0.15, 0.2) is 146 Å². The van der Waals surface area contributed by atoms with E-state index in [2.05, 4.69) is 140 Å². The van der Waals surface area contributed by atoms with Gasteiger partial charge in [0.15, 0.2) is 5.82 Å². The summed E-state index contributed by atoms with van der Waals surface area (Å²) in [5, 5.41) is 6.93. The molecule has 5 nitrogen and oxygen atoms in total. The van der Waals surface area contributed by atoms with E-state index in [1.165, 1.54) is 33.0 Å². The number of anilines is 3. The van der Waals surface area contributed by atoms with Gasteiger partial charge in [-0.2, -0.15) is 0 Å². The summed E-state index contributed by atoms with van der Waals surface area (Å²) >= 11 is 0. The Morgan fingerprint density at radius 1 is 0.592 bits per heavy atom. The van der Waals surface area contributed by atoms with Crippen molar-refractivity contribution in [2.24, 2.45) is 0 Å². The average Bonchev–Trinajstić information content (AvgIpc) is 3.36. The average molecular weight is 632 g/mol. The van der Waals surface area contributed by atoms with Gasteiger partial charge < -0.3 is 11.1 Å². The van der Waals surface area contributed by atoms with E-state index in [1.807, 2.05) is 24.4 Å². The highest BCUT2D eigenvalue weighted by Crippen LogP contribution is 2.50. The van der Waals surface area contributed by atoms with E-state index in [9.17, 15) is 0 Å². The zero-order valence-corrected chi connectivity index (χ0v) is 27.3. The first-order valence-electron chi connectivity index (χ1n) is 16.6. The molecule has 0 saturated carbocycles. The van der Waals surface area contributed by atoms with Crippen molar-refractivity contribution in [1.82, 2.24) is 15.0 Å². The molecule has 0 bridgehead atoms. The maximum atomic E-state index is 6.62. The van der Waals surface area contributed by atoms with Crippen LogP contribution in [-0.2, 0) is 5.41 Å². The SMILES string of the molecule is CC1(C)c2ccccc2-c2cc(Nc3ccc(-c4nc(-c5ccc(-c6cccc7ccccc67)nc5)c5ccccc5n4)cc3)c(N)cc21. The molecule has 9 rings (SSSR count). The quantitative estimate of drug-likeness (QED) is 0.185. The number of rotatable bonds is 5. The number of aromatic nitrogens is 3. The van der Waals surface area contributed by atoms with Crippen LogP contribution in [-0.4, -0.2) is 15.0 Å². The lowest BCUT2D eigenvalue weighted by Gasteiger charge is -2.22.